The summed E-state index contributed by atoms with van der Waals surface area (Å²) in [6, 6.07) is 0. The number of unbranched alkanes of at least 4 members (excludes halogenated alkanes) is 1. The van der Waals surface area contributed by atoms with E-state index in [-0.39, 0.29) is 6.10 Å². The Morgan fingerprint density at radius 1 is 1.14 bits per heavy atom. The summed E-state index contributed by atoms with van der Waals surface area (Å²) in [5.41, 5.74) is 0. The number of hydrogen-bond acceptors (Lipinski definition) is 2. The Bertz CT molecular complexity index is 112. The molecule has 0 radical (unpaired) electrons. The van der Waals surface area contributed by atoms with E-state index in [1.807, 2.05) is 0 Å². The van der Waals surface area contributed by atoms with Gasteiger partial charge in [0.1, 0.15) is 0 Å². The van der Waals surface area contributed by atoms with E-state index in [0.717, 1.165) is 6.42 Å². The molecule has 4 heteroatoms. The number of halogens is 2. The van der Waals surface area contributed by atoms with Crippen LogP contribution >= 0.6 is 23.2 Å². The number of alkyl halides is 2. The van der Waals surface area contributed by atoms with E-state index in [9.17, 15) is 0 Å². The lowest BCUT2D eigenvalue weighted by atomic mass is 10.2. The lowest BCUT2D eigenvalue weighted by Gasteiger charge is -2.14. The Hall–Kier alpha value is 0.500. The summed E-state index contributed by atoms with van der Waals surface area (Å²) in [5.74, 6) is 1.10. The molecule has 0 amide bonds. The van der Waals surface area contributed by atoms with Crippen molar-refractivity contribution in [3.8, 4) is 0 Å². The summed E-state index contributed by atoms with van der Waals surface area (Å²) >= 11 is 11.2. The fraction of sp³-hybridized carbons (Fsp3) is 1.00. The van der Waals surface area contributed by atoms with Gasteiger partial charge in [-0.15, -0.1) is 23.2 Å². The average molecular weight is 243 g/mol. The molecule has 0 bridgehead atoms. The van der Waals surface area contributed by atoms with Crippen LogP contribution in [0.5, 0.6) is 0 Å². The van der Waals surface area contributed by atoms with E-state index in [4.69, 9.17) is 32.7 Å². The highest BCUT2D eigenvalue weighted by atomic mass is 35.5. The third kappa shape index (κ3) is 9.07. The second-order valence-corrected chi connectivity index (χ2v) is 3.78. The summed E-state index contributed by atoms with van der Waals surface area (Å²) in [5, 5.41) is 0. The molecule has 0 saturated heterocycles. The van der Waals surface area contributed by atoms with Gasteiger partial charge in [0.05, 0.1) is 25.9 Å². The van der Waals surface area contributed by atoms with Gasteiger partial charge in [-0.25, -0.2) is 0 Å². The monoisotopic (exact) mass is 242 g/mol. The minimum atomic E-state index is 0.177. The Balaban J connectivity index is 3.24. The molecule has 0 aromatic carbocycles. The van der Waals surface area contributed by atoms with Gasteiger partial charge in [0, 0.05) is 11.8 Å². The van der Waals surface area contributed by atoms with Gasteiger partial charge < -0.3 is 9.47 Å². The van der Waals surface area contributed by atoms with E-state index in [2.05, 4.69) is 6.92 Å². The van der Waals surface area contributed by atoms with Crippen molar-refractivity contribution in [1.29, 1.82) is 0 Å². The Kier molecular flexibility index (Phi) is 12.0. The van der Waals surface area contributed by atoms with Crippen LogP contribution in [0, 0.1) is 0 Å². The molecule has 0 aliphatic carbocycles. The predicted octanol–water partition coefficient (Wildman–Crippen LogP) is 3.06. The van der Waals surface area contributed by atoms with E-state index in [0.29, 0.717) is 31.6 Å². The van der Waals surface area contributed by atoms with Crippen LogP contribution in [0.25, 0.3) is 0 Å². The average Bonchev–Trinajstić information content (AvgIpc) is 2.22. The fourth-order valence-electron chi connectivity index (χ4n) is 1.07. The summed E-state index contributed by atoms with van der Waals surface area (Å²) < 4.78 is 10.7. The standard InChI is InChI=1S/C10H20Cl2O2/c1-2-3-4-10(9-12)14-8-7-13-6-5-11/h10H,2-9H2,1H3/t10-/m0/s1. The van der Waals surface area contributed by atoms with Crippen LogP contribution in [-0.2, 0) is 9.47 Å². The Morgan fingerprint density at radius 3 is 2.50 bits per heavy atom. The first-order valence-corrected chi connectivity index (χ1v) is 6.23. The van der Waals surface area contributed by atoms with Crippen LogP contribution < -0.4 is 0 Å². The van der Waals surface area contributed by atoms with Crippen LogP contribution in [0.1, 0.15) is 26.2 Å². The lowest BCUT2D eigenvalue weighted by molar-refractivity contribution is 0.0133. The zero-order chi connectivity index (χ0) is 10.6. The second-order valence-electron chi connectivity index (χ2n) is 3.09. The van der Waals surface area contributed by atoms with Crippen molar-refractivity contribution in [3.05, 3.63) is 0 Å². The van der Waals surface area contributed by atoms with E-state index >= 15 is 0 Å². The first-order chi connectivity index (χ1) is 6.85. The van der Waals surface area contributed by atoms with Crippen LogP contribution in [0.4, 0.5) is 0 Å². The predicted molar refractivity (Wildman–Crippen MR) is 61.5 cm³/mol. The maximum Gasteiger partial charge on any atom is 0.0711 e. The van der Waals surface area contributed by atoms with Crippen LogP contribution in [0.2, 0.25) is 0 Å². The van der Waals surface area contributed by atoms with Gasteiger partial charge in [-0.2, -0.15) is 0 Å². The molecule has 0 rings (SSSR count). The molecule has 0 N–H and O–H groups in total. The molecule has 0 fully saturated rings. The van der Waals surface area contributed by atoms with Gasteiger partial charge in [-0.3, -0.25) is 0 Å². The topological polar surface area (TPSA) is 18.5 Å². The van der Waals surface area contributed by atoms with Crippen LogP contribution in [-0.4, -0.2) is 37.7 Å². The third-order valence-corrected chi connectivity index (χ3v) is 2.35. The van der Waals surface area contributed by atoms with Gasteiger partial charge in [-0.1, -0.05) is 19.8 Å². The lowest BCUT2D eigenvalue weighted by Crippen LogP contribution is -2.18. The zero-order valence-corrected chi connectivity index (χ0v) is 10.3. The van der Waals surface area contributed by atoms with Crippen molar-refractivity contribution in [2.24, 2.45) is 0 Å². The van der Waals surface area contributed by atoms with E-state index in [1.165, 1.54) is 12.8 Å². The molecule has 1 atom stereocenters. The largest absolute Gasteiger partial charge is 0.378 e. The van der Waals surface area contributed by atoms with Crippen molar-refractivity contribution in [3.63, 3.8) is 0 Å². The first kappa shape index (κ1) is 14.5. The Labute approximate surface area is 96.9 Å². The highest BCUT2D eigenvalue weighted by Gasteiger charge is 2.06. The smallest absolute Gasteiger partial charge is 0.0711 e. The number of rotatable bonds is 10. The normalized spacial score (nSPS) is 13.1. The van der Waals surface area contributed by atoms with Gasteiger partial charge >= 0.3 is 0 Å². The van der Waals surface area contributed by atoms with Gasteiger partial charge in [0.25, 0.3) is 0 Å². The second kappa shape index (κ2) is 11.6. The summed E-state index contributed by atoms with van der Waals surface area (Å²) in [6.45, 7) is 3.96. The van der Waals surface area contributed by atoms with Gasteiger partial charge in [0.15, 0.2) is 0 Å². The van der Waals surface area contributed by atoms with Gasteiger partial charge in [-0.05, 0) is 6.42 Å². The van der Waals surface area contributed by atoms with Crippen molar-refractivity contribution in [1.82, 2.24) is 0 Å². The molecule has 0 unspecified atom stereocenters. The molecular weight excluding hydrogens is 223 g/mol. The van der Waals surface area contributed by atoms with E-state index < -0.39 is 0 Å². The van der Waals surface area contributed by atoms with Gasteiger partial charge in [0.2, 0.25) is 0 Å². The zero-order valence-electron chi connectivity index (χ0n) is 8.81. The van der Waals surface area contributed by atoms with Crippen molar-refractivity contribution in [2.45, 2.75) is 32.3 Å². The highest BCUT2D eigenvalue weighted by molar-refractivity contribution is 6.18. The van der Waals surface area contributed by atoms with Crippen LogP contribution in [0.15, 0.2) is 0 Å². The van der Waals surface area contributed by atoms with Crippen molar-refractivity contribution >= 4 is 23.2 Å². The quantitative estimate of drug-likeness (QED) is 0.433. The summed E-state index contributed by atoms with van der Waals surface area (Å²) in [4.78, 5) is 0. The number of hydrogen-bond donors (Lipinski definition) is 0. The SMILES string of the molecule is CCCC[C@@H](CCl)OCCOCCCl. The molecule has 14 heavy (non-hydrogen) atoms. The van der Waals surface area contributed by atoms with Crippen LogP contribution in [0.3, 0.4) is 0 Å². The molecule has 0 aromatic heterocycles. The molecule has 0 aliphatic heterocycles. The minimum absolute atomic E-state index is 0.177. The molecule has 0 saturated carbocycles. The molecule has 0 spiro atoms. The molecular formula is C10H20Cl2O2. The Morgan fingerprint density at radius 2 is 1.93 bits per heavy atom. The fourth-order valence-corrected chi connectivity index (χ4v) is 1.42. The third-order valence-electron chi connectivity index (χ3n) is 1.85. The highest BCUT2D eigenvalue weighted by Crippen LogP contribution is 2.06. The maximum absolute atomic E-state index is 5.76. The summed E-state index contributed by atoms with van der Waals surface area (Å²) in [7, 11) is 0. The molecule has 0 aromatic rings. The van der Waals surface area contributed by atoms with Crippen molar-refractivity contribution < 1.29 is 9.47 Å². The molecule has 2 nitrogen and oxygen atoms in total. The molecule has 0 heterocycles. The van der Waals surface area contributed by atoms with Crippen molar-refractivity contribution in [2.75, 3.05) is 31.6 Å². The van der Waals surface area contributed by atoms with E-state index in [1.54, 1.807) is 0 Å². The number of ether oxygens (including phenoxy) is 2. The summed E-state index contributed by atoms with van der Waals surface area (Å²) in [6.07, 6.45) is 3.56. The molecule has 0 aliphatic rings. The minimum Gasteiger partial charge on any atom is -0.378 e. The molecule has 86 valence electrons. The first-order valence-electron chi connectivity index (χ1n) is 5.16. The maximum atomic E-state index is 5.76.